The van der Waals surface area contributed by atoms with E-state index in [0.29, 0.717) is 29.3 Å². The van der Waals surface area contributed by atoms with Gasteiger partial charge in [-0.1, -0.05) is 12.1 Å². The topological polar surface area (TPSA) is 94.1 Å². The van der Waals surface area contributed by atoms with Gasteiger partial charge in [0.15, 0.2) is 11.5 Å². The number of anilines is 1. The van der Waals surface area contributed by atoms with Crippen LogP contribution >= 0.6 is 0 Å². The van der Waals surface area contributed by atoms with Gasteiger partial charge in [-0.15, -0.1) is 5.10 Å². The summed E-state index contributed by atoms with van der Waals surface area (Å²) in [4.78, 5) is 17.1. The van der Waals surface area contributed by atoms with Crippen LogP contribution in [-0.4, -0.2) is 39.9 Å². The Morgan fingerprint density at radius 3 is 2.73 bits per heavy atom. The van der Waals surface area contributed by atoms with E-state index in [4.69, 9.17) is 9.47 Å². The molecule has 30 heavy (non-hydrogen) atoms. The van der Waals surface area contributed by atoms with Crippen molar-refractivity contribution in [3.05, 3.63) is 65.6 Å². The number of aromatic amines is 1. The second-order valence-corrected chi connectivity index (χ2v) is 6.91. The predicted octanol–water partition coefficient (Wildman–Crippen LogP) is 3.35. The lowest BCUT2D eigenvalue weighted by molar-refractivity contribution is 0.102. The molecule has 154 valence electrons. The minimum atomic E-state index is -0.239. The van der Waals surface area contributed by atoms with Gasteiger partial charge in [-0.25, -0.2) is 0 Å². The third kappa shape index (κ3) is 3.84. The minimum Gasteiger partial charge on any atom is -0.493 e. The summed E-state index contributed by atoms with van der Waals surface area (Å²) in [5.41, 5.74) is 2.67. The molecule has 0 aliphatic carbocycles. The molecule has 0 saturated heterocycles. The highest BCUT2D eigenvalue weighted by Crippen LogP contribution is 2.28. The molecule has 2 aromatic carbocycles. The first kappa shape index (κ1) is 19.5. The number of nitrogens with one attached hydrogen (secondary N) is 2. The Hall–Kier alpha value is -3.81. The number of rotatable bonds is 7. The van der Waals surface area contributed by atoms with Gasteiger partial charge in [0.2, 0.25) is 5.95 Å². The molecule has 0 aliphatic rings. The van der Waals surface area contributed by atoms with E-state index in [1.54, 1.807) is 20.3 Å². The maximum Gasteiger partial charge on any atom is 0.258 e. The molecule has 8 heteroatoms. The monoisotopic (exact) mass is 405 g/mol. The highest BCUT2D eigenvalue weighted by molar-refractivity contribution is 6.12. The van der Waals surface area contributed by atoms with Crippen molar-refractivity contribution in [3.8, 4) is 11.5 Å². The molecule has 8 nitrogen and oxygen atoms in total. The first-order chi connectivity index (χ1) is 14.6. The van der Waals surface area contributed by atoms with Gasteiger partial charge in [-0.3, -0.25) is 15.2 Å². The first-order valence-corrected chi connectivity index (χ1v) is 9.56. The summed E-state index contributed by atoms with van der Waals surface area (Å²) in [6.45, 7) is 0. The zero-order valence-electron chi connectivity index (χ0n) is 17.1. The normalized spacial score (nSPS) is 10.9. The van der Waals surface area contributed by atoms with Gasteiger partial charge in [0.25, 0.3) is 5.91 Å². The van der Waals surface area contributed by atoms with Crippen LogP contribution in [0.1, 0.15) is 21.7 Å². The molecule has 0 unspecified atom stereocenters. The predicted molar refractivity (Wildman–Crippen MR) is 114 cm³/mol. The molecule has 2 N–H and O–H groups in total. The second kappa shape index (κ2) is 8.28. The molecule has 1 amide bonds. The van der Waals surface area contributed by atoms with Crippen LogP contribution in [0.2, 0.25) is 0 Å². The highest BCUT2D eigenvalue weighted by atomic mass is 16.5. The van der Waals surface area contributed by atoms with E-state index in [1.165, 1.54) is 0 Å². The van der Waals surface area contributed by atoms with Gasteiger partial charge < -0.3 is 14.0 Å². The van der Waals surface area contributed by atoms with E-state index in [9.17, 15) is 4.79 Å². The van der Waals surface area contributed by atoms with Crippen molar-refractivity contribution >= 4 is 22.8 Å². The Kier molecular flexibility index (Phi) is 5.38. The number of benzene rings is 2. The molecule has 4 aromatic rings. The van der Waals surface area contributed by atoms with Crippen LogP contribution in [-0.2, 0) is 19.9 Å². The number of ether oxygens (including phenoxy) is 2. The molecule has 0 radical (unpaired) electrons. The Morgan fingerprint density at radius 2 is 1.93 bits per heavy atom. The number of methoxy groups -OCH3 is 2. The lowest BCUT2D eigenvalue weighted by Gasteiger charge is -2.09. The smallest absolute Gasteiger partial charge is 0.258 e. The van der Waals surface area contributed by atoms with Crippen molar-refractivity contribution in [3.63, 3.8) is 0 Å². The van der Waals surface area contributed by atoms with Crippen LogP contribution in [0, 0.1) is 0 Å². The molecule has 2 aromatic heterocycles. The number of carbonyl (C=O) groups is 1. The second-order valence-electron chi connectivity index (χ2n) is 6.91. The minimum absolute atomic E-state index is 0.239. The molecule has 0 fully saturated rings. The van der Waals surface area contributed by atoms with Gasteiger partial charge in [0, 0.05) is 36.1 Å². The van der Waals surface area contributed by atoms with Crippen molar-refractivity contribution in [1.29, 1.82) is 0 Å². The molecule has 2 heterocycles. The number of H-pyrrole nitrogens is 1. The summed E-state index contributed by atoms with van der Waals surface area (Å²) in [6.07, 6.45) is 3.32. The molecular formula is C22H23N5O3. The van der Waals surface area contributed by atoms with Gasteiger partial charge in [-0.05, 0) is 42.3 Å². The third-order valence-corrected chi connectivity index (χ3v) is 5.03. The van der Waals surface area contributed by atoms with Gasteiger partial charge >= 0.3 is 0 Å². The van der Waals surface area contributed by atoms with Crippen LogP contribution in [0.15, 0.2) is 48.7 Å². The number of aryl methyl sites for hydroxylation is 3. The summed E-state index contributed by atoms with van der Waals surface area (Å²) in [5, 5.41) is 10.7. The lowest BCUT2D eigenvalue weighted by atomic mass is 10.1. The van der Waals surface area contributed by atoms with Crippen molar-refractivity contribution < 1.29 is 14.3 Å². The molecule has 0 saturated carbocycles. The fraction of sp³-hybridized carbons (Fsp3) is 0.227. The summed E-state index contributed by atoms with van der Waals surface area (Å²) < 4.78 is 12.6. The van der Waals surface area contributed by atoms with E-state index in [0.717, 1.165) is 22.9 Å². The number of carbonyl (C=O) groups excluding carboxylic acids is 1. The standard InChI is InChI=1S/C22H23N5O3/c1-27-12-11-15-16(5-4-6-17(15)27)21(28)24-22-23-20(25-26-22)10-8-14-7-9-18(29-2)19(13-14)30-3/h4-7,9,11-13H,8,10H2,1-3H3,(H2,23,24,25,26,28). The Labute approximate surface area is 173 Å². The van der Waals surface area contributed by atoms with E-state index >= 15 is 0 Å². The van der Waals surface area contributed by atoms with E-state index < -0.39 is 0 Å². The SMILES string of the molecule is COc1ccc(CCc2nc(NC(=O)c3cccc4c3ccn4C)n[nH]2)cc1OC. The van der Waals surface area contributed by atoms with Crippen molar-refractivity contribution in [2.24, 2.45) is 7.05 Å². The average Bonchev–Trinajstić information content (AvgIpc) is 3.38. The molecule has 0 spiro atoms. The summed E-state index contributed by atoms with van der Waals surface area (Å²) in [5.74, 6) is 2.10. The number of aromatic nitrogens is 4. The number of nitrogens with zero attached hydrogens (tertiary/aromatic N) is 3. The number of hydrogen-bond donors (Lipinski definition) is 2. The Balaban J connectivity index is 1.42. The maximum atomic E-state index is 12.7. The van der Waals surface area contributed by atoms with E-state index in [-0.39, 0.29) is 11.9 Å². The van der Waals surface area contributed by atoms with Crippen LogP contribution in [0.5, 0.6) is 11.5 Å². The summed E-state index contributed by atoms with van der Waals surface area (Å²) in [6, 6.07) is 13.4. The largest absolute Gasteiger partial charge is 0.493 e. The molecular weight excluding hydrogens is 382 g/mol. The van der Waals surface area contributed by atoms with Gasteiger partial charge in [-0.2, -0.15) is 4.98 Å². The van der Waals surface area contributed by atoms with Crippen LogP contribution in [0.4, 0.5) is 5.95 Å². The Morgan fingerprint density at radius 1 is 1.10 bits per heavy atom. The van der Waals surface area contributed by atoms with Crippen molar-refractivity contribution in [1.82, 2.24) is 19.7 Å². The number of hydrogen-bond acceptors (Lipinski definition) is 5. The van der Waals surface area contributed by atoms with E-state index in [1.807, 2.05) is 54.2 Å². The number of fused-ring (bicyclic) bond motifs is 1. The van der Waals surface area contributed by atoms with Crippen LogP contribution in [0.25, 0.3) is 10.9 Å². The quantitative estimate of drug-likeness (QED) is 0.492. The zero-order valence-corrected chi connectivity index (χ0v) is 17.1. The average molecular weight is 405 g/mol. The molecule has 0 aliphatic heterocycles. The molecule has 4 rings (SSSR count). The third-order valence-electron chi connectivity index (χ3n) is 5.03. The summed E-state index contributed by atoms with van der Waals surface area (Å²) in [7, 11) is 5.17. The summed E-state index contributed by atoms with van der Waals surface area (Å²) >= 11 is 0. The van der Waals surface area contributed by atoms with Crippen LogP contribution < -0.4 is 14.8 Å². The van der Waals surface area contributed by atoms with Gasteiger partial charge in [0.05, 0.1) is 14.2 Å². The van der Waals surface area contributed by atoms with Crippen molar-refractivity contribution in [2.75, 3.05) is 19.5 Å². The fourth-order valence-electron chi connectivity index (χ4n) is 3.43. The van der Waals surface area contributed by atoms with Crippen molar-refractivity contribution in [2.45, 2.75) is 12.8 Å². The molecule has 0 atom stereocenters. The lowest BCUT2D eigenvalue weighted by Crippen LogP contribution is -2.13. The van der Waals surface area contributed by atoms with Gasteiger partial charge in [0.1, 0.15) is 5.82 Å². The Bertz CT molecular complexity index is 1190. The number of amides is 1. The first-order valence-electron chi connectivity index (χ1n) is 9.56. The highest BCUT2D eigenvalue weighted by Gasteiger charge is 2.14. The fourth-order valence-corrected chi connectivity index (χ4v) is 3.43. The zero-order chi connectivity index (χ0) is 21.1. The van der Waals surface area contributed by atoms with Crippen LogP contribution in [0.3, 0.4) is 0 Å². The van der Waals surface area contributed by atoms with E-state index in [2.05, 4.69) is 20.5 Å². The molecule has 0 bridgehead atoms. The maximum absolute atomic E-state index is 12.7.